The summed E-state index contributed by atoms with van der Waals surface area (Å²) in [4.78, 5) is 37.8. The van der Waals surface area contributed by atoms with E-state index in [9.17, 15) is 19.7 Å². The summed E-state index contributed by atoms with van der Waals surface area (Å²) in [5, 5.41) is 11.2. The third-order valence-corrected chi connectivity index (χ3v) is 3.89. The maximum atomic E-state index is 12.4. The first-order valence-electron chi connectivity index (χ1n) is 8.34. The first-order valence-corrected chi connectivity index (χ1v) is 8.34. The Morgan fingerprint density at radius 3 is 1.86 bits per heavy atom. The number of aromatic nitrogens is 1. The smallest absolute Gasteiger partial charge is 0.356 e. The van der Waals surface area contributed by atoms with Gasteiger partial charge in [-0.15, -0.1) is 0 Å². The number of nitro groups is 1. The third kappa shape index (κ3) is 4.42. The molecule has 0 aliphatic rings. The molecule has 28 heavy (non-hydrogen) atoms. The molecule has 0 radical (unpaired) electrons. The van der Waals surface area contributed by atoms with Gasteiger partial charge in [0.15, 0.2) is 5.56 Å². The molecule has 0 spiro atoms. The van der Waals surface area contributed by atoms with Crippen LogP contribution in [0.2, 0.25) is 0 Å². The Labute approximate surface area is 159 Å². The number of nitrogens with one attached hydrogen (secondary N) is 1. The van der Waals surface area contributed by atoms with E-state index in [1.165, 1.54) is 0 Å². The fraction of sp³-hybridized carbons (Fsp3) is 0.100. The van der Waals surface area contributed by atoms with Gasteiger partial charge < -0.3 is 14.5 Å². The average molecular weight is 380 g/mol. The lowest BCUT2D eigenvalue weighted by Gasteiger charge is -2.07. The summed E-state index contributed by atoms with van der Waals surface area (Å²) < 4.78 is 10.3. The van der Waals surface area contributed by atoms with E-state index in [-0.39, 0.29) is 18.9 Å². The van der Waals surface area contributed by atoms with E-state index in [4.69, 9.17) is 9.47 Å². The van der Waals surface area contributed by atoms with E-state index in [1.807, 2.05) is 12.1 Å². The molecule has 3 aromatic rings. The number of carbonyl (C=O) groups is 2. The summed E-state index contributed by atoms with van der Waals surface area (Å²) in [6.07, 6.45) is 0.970. The van der Waals surface area contributed by atoms with Gasteiger partial charge >= 0.3 is 17.6 Å². The van der Waals surface area contributed by atoms with Crippen LogP contribution in [0.3, 0.4) is 0 Å². The van der Waals surface area contributed by atoms with Crippen molar-refractivity contribution < 1.29 is 24.0 Å². The average Bonchev–Trinajstić information content (AvgIpc) is 3.17. The number of aromatic amines is 1. The topological polar surface area (TPSA) is 112 Å². The van der Waals surface area contributed by atoms with Gasteiger partial charge in [0.05, 0.1) is 11.1 Å². The molecule has 0 fully saturated rings. The van der Waals surface area contributed by atoms with Crippen LogP contribution in [0.5, 0.6) is 0 Å². The summed E-state index contributed by atoms with van der Waals surface area (Å²) in [5.41, 5.74) is 0.122. The molecule has 0 aliphatic carbocycles. The van der Waals surface area contributed by atoms with Crippen LogP contribution in [0, 0.1) is 10.1 Å². The van der Waals surface area contributed by atoms with Crippen molar-refractivity contribution in [1.29, 1.82) is 0 Å². The van der Waals surface area contributed by atoms with Crippen LogP contribution >= 0.6 is 0 Å². The molecule has 8 nitrogen and oxygen atoms in total. The first kappa shape index (κ1) is 18.8. The second-order valence-electron chi connectivity index (χ2n) is 5.80. The van der Waals surface area contributed by atoms with Crippen molar-refractivity contribution in [2.45, 2.75) is 13.2 Å². The Bertz CT molecular complexity index is 982. The Morgan fingerprint density at radius 1 is 0.857 bits per heavy atom. The highest BCUT2D eigenvalue weighted by atomic mass is 16.6. The number of hydrogen-bond acceptors (Lipinski definition) is 6. The van der Waals surface area contributed by atoms with E-state index in [0.717, 1.165) is 11.8 Å². The zero-order valence-electron chi connectivity index (χ0n) is 14.7. The highest BCUT2D eigenvalue weighted by Crippen LogP contribution is 2.24. The van der Waals surface area contributed by atoms with Crippen LogP contribution in [-0.2, 0) is 22.7 Å². The molecular formula is C20H16N2O6. The van der Waals surface area contributed by atoms with Crippen molar-refractivity contribution in [3.8, 4) is 0 Å². The van der Waals surface area contributed by atoms with Crippen LogP contribution in [0.1, 0.15) is 32.0 Å². The molecule has 0 saturated heterocycles. The van der Waals surface area contributed by atoms with Crippen LogP contribution < -0.4 is 0 Å². The summed E-state index contributed by atoms with van der Waals surface area (Å²) >= 11 is 0. The maximum absolute atomic E-state index is 12.4. The molecule has 8 heteroatoms. The van der Waals surface area contributed by atoms with Gasteiger partial charge in [-0.2, -0.15) is 0 Å². The van der Waals surface area contributed by atoms with Crippen LogP contribution in [0.25, 0.3) is 0 Å². The summed E-state index contributed by atoms with van der Waals surface area (Å²) in [6.45, 7) is -0.120. The molecule has 1 heterocycles. The molecule has 1 N–H and O–H groups in total. The Morgan fingerprint density at radius 2 is 1.36 bits per heavy atom. The van der Waals surface area contributed by atoms with Crippen molar-refractivity contribution >= 4 is 17.6 Å². The van der Waals surface area contributed by atoms with Crippen molar-refractivity contribution in [3.63, 3.8) is 0 Å². The van der Waals surface area contributed by atoms with E-state index in [1.54, 1.807) is 48.5 Å². The van der Waals surface area contributed by atoms with E-state index in [2.05, 4.69) is 4.98 Å². The largest absolute Gasteiger partial charge is 0.457 e. The molecule has 0 aliphatic heterocycles. The van der Waals surface area contributed by atoms with Gasteiger partial charge in [0.1, 0.15) is 18.9 Å². The first-order chi connectivity index (χ1) is 13.6. The van der Waals surface area contributed by atoms with Gasteiger partial charge in [0, 0.05) is 0 Å². The van der Waals surface area contributed by atoms with Gasteiger partial charge in [-0.25, -0.2) is 9.59 Å². The van der Waals surface area contributed by atoms with E-state index in [0.29, 0.717) is 5.56 Å². The number of H-pyrrole nitrogens is 1. The van der Waals surface area contributed by atoms with E-state index < -0.39 is 28.1 Å². The number of esters is 2. The van der Waals surface area contributed by atoms with Crippen molar-refractivity contribution in [1.82, 2.24) is 4.98 Å². The number of carbonyl (C=O) groups excluding carboxylic acids is 2. The lowest BCUT2D eigenvalue weighted by molar-refractivity contribution is -0.385. The van der Waals surface area contributed by atoms with Crippen LogP contribution in [0.4, 0.5) is 5.69 Å². The Balaban J connectivity index is 1.77. The summed E-state index contributed by atoms with van der Waals surface area (Å²) in [5.74, 6) is -1.87. The molecular weight excluding hydrogens is 364 g/mol. The quantitative estimate of drug-likeness (QED) is 0.380. The van der Waals surface area contributed by atoms with Gasteiger partial charge in [0.25, 0.3) is 0 Å². The number of ether oxygens (including phenoxy) is 2. The third-order valence-electron chi connectivity index (χ3n) is 3.89. The molecule has 0 amide bonds. The maximum Gasteiger partial charge on any atom is 0.356 e. The van der Waals surface area contributed by atoms with Crippen molar-refractivity contribution in [2.75, 3.05) is 0 Å². The number of nitrogens with zero attached hydrogens (tertiary/aromatic N) is 1. The minimum Gasteiger partial charge on any atom is -0.457 e. The monoisotopic (exact) mass is 380 g/mol. The Kier molecular flexibility index (Phi) is 5.81. The van der Waals surface area contributed by atoms with Gasteiger partial charge in [-0.1, -0.05) is 60.7 Å². The molecule has 0 saturated carbocycles. The number of benzene rings is 2. The second-order valence-corrected chi connectivity index (χ2v) is 5.80. The minimum absolute atomic E-state index is 0.0367. The molecule has 1 aromatic heterocycles. The lowest BCUT2D eigenvalue weighted by atomic mass is 10.2. The number of rotatable bonds is 7. The molecule has 142 valence electrons. The van der Waals surface area contributed by atoms with Gasteiger partial charge in [0.2, 0.25) is 0 Å². The zero-order valence-corrected chi connectivity index (χ0v) is 14.7. The predicted octanol–water partition coefficient (Wildman–Crippen LogP) is 3.64. The standard InChI is InChI=1S/C20H16N2O6/c23-19(27-12-14-7-3-1-4-8-14)17-16(22(25)26)11-21-18(17)20(24)28-13-15-9-5-2-6-10-15/h1-11,21H,12-13H2. The predicted molar refractivity (Wildman–Crippen MR) is 98.6 cm³/mol. The van der Waals surface area contributed by atoms with E-state index >= 15 is 0 Å². The second kappa shape index (κ2) is 8.63. The SMILES string of the molecule is O=C(OCc1ccccc1)c1[nH]cc([N+](=O)[O-])c1C(=O)OCc1ccccc1. The fourth-order valence-electron chi connectivity index (χ4n) is 2.52. The highest BCUT2D eigenvalue weighted by Gasteiger charge is 2.32. The van der Waals surface area contributed by atoms with Gasteiger partial charge in [-0.3, -0.25) is 10.1 Å². The highest BCUT2D eigenvalue weighted by molar-refractivity contribution is 6.05. The van der Waals surface area contributed by atoms with Crippen molar-refractivity contribution in [2.24, 2.45) is 0 Å². The molecule has 0 atom stereocenters. The summed E-state index contributed by atoms with van der Waals surface area (Å²) in [6, 6.07) is 17.8. The van der Waals surface area contributed by atoms with Crippen LogP contribution in [0.15, 0.2) is 66.9 Å². The summed E-state index contributed by atoms with van der Waals surface area (Å²) in [7, 11) is 0. The molecule has 2 aromatic carbocycles. The zero-order chi connectivity index (χ0) is 19.9. The van der Waals surface area contributed by atoms with Crippen LogP contribution in [-0.4, -0.2) is 21.8 Å². The minimum atomic E-state index is -0.983. The fourth-order valence-corrected chi connectivity index (χ4v) is 2.52. The molecule has 0 bridgehead atoms. The molecule has 0 unspecified atom stereocenters. The lowest BCUT2D eigenvalue weighted by Crippen LogP contribution is -2.14. The normalized spacial score (nSPS) is 10.3. The molecule has 3 rings (SSSR count). The number of hydrogen-bond donors (Lipinski definition) is 1. The van der Waals surface area contributed by atoms with Gasteiger partial charge in [-0.05, 0) is 11.1 Å². The van der Waals surface area contributed by atoms with Crippen molar-refractivity contribution in [3.05, 3.63) is 99.4 Å². The Hall–Kier alpha value is -3.94.